The van der Waals surface area contributed by atoms with Crippen LogP contribution in [0.15, 0.2) is 18.2 Å². The van der Waals surface area contributed by atoms with Crippen LogP contribution >= 0.6 is 0 Å². The van der Waals surface area contributed by atoms with Crippen LogP contribution in [0.3, 0.4) is 0 Å². The number of rotatable bonds is 7. The molecule has 0 atom stereocenters. The Morgan fingerprint density at radius 2 is 2.00 bits per heavy atom. The molecule has 5 heteroatoms. The number of hydrogen-bond acceptors (Lipinski definition) is 4. The van der Waals surface area contributed by atoms with E-state index < -0.39 is 0 Å². The average Bonchev–Trinajstić information content (AvgIpc) is 2.34. The number of nitro benzene ring substituents is 1. The van der Waals surface area contributed by atoms with Gasteiger partial charge in [0.1, 0.15) is 11.4 Å². The van der Waals surface area contributed by atoms with E-state index in [1.54, 1.807) is 12.1 Å². The summed E-state index contributed by atoms with van der Waals surface area (Å²) in [5.74, 6) is 0.673. The summed E-state index contributed by atoms with van der Waals surface area (Å²) in [7, 11) is 0. The lowest BCUT2D eigenvalue weighted by Crippen LogP contribution is -2.21. The van der Waals surface area contributed by atoms with Crippen LogP contribution in [0.2, 0.25) is 0 Å². The van der Waals surface area contributed by atoms with Crippen molar-refractivity contribution in [3.8, 4) is 0 Å². The van der Waals surface area contributed by atoms with Crippen LogP contribution in [0.5, 0.6) is 0 Å². The van der Waals surface area contributed by atoms with Crippen LogP contribution in [0.4, 0.5) is 17.1 Å². The van der Waals surface area contributed by atoms with Gasteiger partial charge >= 0.3 is 5.69 Å². The van der Waals surface area contributed by atoms with E-state index in [0.717, 1.165) is 19.5 Å². The number of benzene rings is 1. The van der Waals surface area contributed by atoms with Gasteiger partial charge in [-0.15, -0.1) is 0 Å². The summed E-state index contributed by atoms with van der Waals surface area (Å²) in [6, 6.07) is 5.41. The third-order valence-electron chi connectivity index (χ3n) is 3.59. The lowest BCUT2D eigenvalue weighted by molar-refractivity contribution is -0.383. The molecule has 0 radical (unpaired) electrons. The fraction of sp³-hybridized carbons (Fsp3) is 0.571. The van der Waals surface area contributed by atoms with Gasteiger partial charge in [0.15, 0.2) is 0 Å². The van der Waals surface area contributed by atoms with Gasteiger partial charge in [0.25, 0.3) is 0 Å². The Labute approximate surface area is 113 Å². The van der Waals surface area contributed by atoms with E-state index >= 15 is 0 Å². The molecule has 0 unspecified atom stereocenters. The number of para-hydroxylation sites is 1. The second-order valence-corrected chi connectivity index (χ2v) is 5.06. The molecule has 2 rings (SSSR count). The lowest BCUT2D eigenvalue weighted by atomic mass is 9.85. The molecular weight excluding hydrogens is 242 g/mol. The molecular formula is C14H21N3O2. The zero-order chi connectivity index (χ0) is 13.7. The maximum absolute atomic E-state index is 11.3. The van der Waals surface area contributed by atoms with Gasteiger partial charge in [0.05, 0.1) is 4.92 Å². The van der Waals surface area contributed by atoms with Crippen molar-refractivity contribution in [1.82, 2.24) is 0 Å². The molecule has 0 bridgehead atoms. The smallest absolute Gasteiger partial charge is 0.315 e. The highest BCUT2D eigenvalue weighted by Crippen LogP contribution is 2.34. The van der Waals surface area contributed by atoms with Gasteiger partial charge in [-0.2, -0.15) is 0 Å². The Balaban J connectivity index is 2.12. The zero-order valence-electron chi connectivity index (χ0n) is 11.3. The molecule has 0 aromatic heterocycles. The molecule has 0 aliphatic heterocycles. The summed E-state index contributed by atoms with van der Waals surface area (Å²) in [6.07, 6.45) is 4.69. The van der Waals surface area contributed by atoms with Gasteiger partial charge in [-0.05, 0) is 37.3 Å². The van der Waals surface area contributed by atoms with Crippen molar-refractivity contribution in [3.63, 3.8) is 0 Å². The van der Waals surface area contributed by atoms with E-state index in [4.69, 9.17) is 0 Å². The highest BCUT2D eigenvalue weighted by atomic mass is 16.6. The van der Waals surface area contributed by atoms with Gasteiger partial charge in [0, 0.05) is 13.1 Å². The first kappa shape index (κ1) is 13.6. The monoisotopic (exact) mass is 263 g/mol. The molecule has 1 saturated carbocycles. The molecule has 0 spiro atoms. The minimum Gasteiger partial charge on any atom is -0.379 e. The van der Waals surface area contributed by atoms with E-state index in [-0.39, 0.29) is 10.6 Å². The van der Waals surface area contributed by atoms with Gasteiger partial charge in [-0.3, -0.25) is 10.1 Å². The van der Waals surface area contributed by atoms with Gasteiger partial charge in [-0.1, -0.05) is 19.4 Å². The number of nitrogens with zero attached hydrogens (tertiary/aromatic N) is 1. The Morgan fingerprint density at radius 1 is 1.32 bits per heavy atom. The molecule has 1 aromatic carbocycles. The molecule has 0 heterocycles. The summed E-state index contributed by atoms with van der Waals surface area (Å²) in [5.41, 5.74) is 1.39. The molecule has 5 nitrogen and oxygen atoms in total. The van der Waals surface area contributed by atoms with Crippen LogP contribution in [0.1, 0.15) is 32.6 Å². The van der Waals surface area contributed by atoms with Crippen molar-refractivity contribution in [2.75, 3.05) is 23.7 Å². The minimum atomic E-state index is -0.304. The fourth-order valence-electron chi connectivity index (χ4n) is 2.24. The highest BCUT2D eigenvalue weighted by Gasteiger charge is 2.22. The number of nitro groups is 1. The minimum absolute atomic E-state index is 0.162. The maximum Gasteiger partial charge on any atom is 0.315 e. The normalized spacial score (nSPS) is 14.8. The van der Waals surface area contributed by atoms with Crippen LogP contribution < -0.4 is 10.6 Å². The van der Waals surface area contributed by atoms with Gasteiger partial charge in [-0.25, -0.2) is 0 Å². The van der Waals surface area contributed by atoms with E-state index in [9.17, 15) is 10.1 Å². The largest absolute Gasteiger partial charge is 0.379 e. The van der Waals surface area contributed by atoms with E-state index in [1.807, 2.05) is 13.0 Å². The molecule has 1 fully saturated rings. The second kappa shape index (κ2) is 6.41. The van der Waals surface area contributed by atoms with Crippen LogP contribution in [0.25, 0.3) is 0 Å². The van der Waals surface area contributed by atoms with Gasteiger partial charge < -0.3 is 10.6 Å². The average molecular weight is 263 g/mol. The standard InChI is InChI=1S/C14H21N3O2/c1-2-9-15-12-7-4-8-13(14(12)17(18)19)16-10-11-5-3-6-11/h4,7-8,11,15-16H,2-3,5-6,9-10H2,1H3. The second-order valence-electron chi connectivity index (χ2n) is 5.06. The van der Waals surface area contributed by atoms with Crippen molar-refractivity contribution >= 4 is 17.1 Å². The Bertz CT molecular complexity index is 444. The lowest BCUT2D eigenvalue weighted by Gasteiger charge is -2.25. The third kappa shape index (κ3) is 3.36. The first-order valence-electron chi connectivity index (χ1n) is 6.97. The maximum atomic E-state index is 11.3. The number of anilines is 2. The molecule has 19 heavy (non-hydrogen) atoms. The predicted molar refractivity (Wildman–Crippen MR) is 77.7 cm³/mol. The van der Waals surface area contributed by atoms with E-state index in [0.29, 0.717) is 17.3 Å². The summed E-state index contributed by atoms with van der Waals surface area (Å²) in [6.45, 7) is 3.61. The molecule has 1 aliphatic carbocycles. The van der Waals surface area contributed by atoms with Crippen molar-refractivity contribution in [1.29, 1.82) is 0 Å². The molecule has 104 valence electrons. The first-order chi connectivity index (χ1) is 9.22. The number of nitrogens with one attached hydrogen (secondary N) is 2. The van der Waals surface area contributed by atoms with Crippen molar-refractivity contribution in [2.45, 2.75) is 32.6 Å². The molecule has 0 saturated heterocycles. The summed E-state index contributed by atoms with van der Waals surface area (Å²) >= 11 is 0. The molecule has 0 amide bonds. The van der Waals surface area contributed by atoms with Crippen molar-refractivity contribution in [2.24, 2.45) is 5.92 Å². The van der Waals surface area contributed by atoms with Crippen molar-refractivity contribution in [3.05, 3.63) is 28.3 Å². The SMILES string of the molecule is CCCNc1cccc(NCC2CCC2)c1[N+](=O)[O-]. The first-order valence-corrected chi connectivity index (χ1v) is 6.97. The Kier molecular flexibility index (Phi) is 4.60. The summed E-state index contributed by atoms with van der Waals surface area (Å²) < 4.78 is 0. The molecule has 2 N–H and O–H groups in total. The Morgan fingerprint density at radius 3 is 2.53 bits per heavy atom. The van der Waals surface area contributed by atoms with Gasteiger partial charge in [0.2, 0.25) is 0 Å². The van der Waals surface area contributed by atoms with E-state index in [1.165, 1.54) is 19.3 Å². The highest BCUT2D eigenvalue weighted by molar-refractivity contribution is 5.76. The van der Waals surface area contributed by atoms with Crippen molar-refractivity contribution < 1.29 is 4.92 Å². The zero-order valence-corrected chi connectivity index (χ0v) is 11.3. The Hall–Kier alpha value is -1.78. The topological polar surface area (TPSA) is 67.2 Å². The predicted octanol–water partition coefficient (Wildman–Crippen LogP) is 3.63. The fourth-order valence-corrected chi connectivity index (χ4v) is 2.24. The van der Waals surface area contributed by atoms with E-state index in [2.05, 4.69) is 10.6 Å². The third-order valence-corrected chi connectivity index (χ3v) is 3.59. The van der Waals surface area contributed by atoms with Crippen LogP contribution in [0, 0.1) is 16.0 Å². The summed E-state index contributed by atoms with van der Waals surface area (Å²) in [5, 5.41) is 17.6. The quantitative estimate of drug-likeness (QED) is 0.582. The number of hydrogen-bond donors (Lipinski definition) is 2. The molecule has 1 aromatic rings. The molecule has 1 aliphatic rings. The van der Waals surface area contributed by atoms with Crippen LogP contribution in [-0.4, -0.2) is 18.0 Å². The van der Waals surface area contributed by atoms with Crippen LogP contribution in [-0.2, 0) is 0 Å². The summed E-state index contributed by atoms with van der Waals surface area (Å²) in [4.78, 5) is 11.0.